The molecule has 1 aromatic carbocycles. The second-order valence-corrected chi connectivity index (χ2v) is 4.49. The molecule has 1 heterocycles. The molecule has 0 spiro atoms. The van der Waals surface area contributed by atoms with E-state index in [2.05, 4.69) is 23.2 Å². The fraction of sp³-hybridized carbons (Fsp3) is 0.375. The van der Waals surface area contributed by atoms with E-state index < -0.39 is 0 Å². The third kappa shape index (κ3) is 2.98. The van der Waals surface area contributed by atoms with Gasteiger partial charge in [0, 0.05) is 36.5 Å². The summed E-state index contributed by atoms with van der Waals surface area (Å²) < 4.78 is 5.79. The topological polar surface area (TPSA) is 51.2 Å². The summed E-state index contributed by atoms with van der Waals surface area (Å²) in [5.74, 6) is 6.88. The predicted octanol–water partition coefficient (Wildman–Crippen LogP) is 2.74. The van der Waals surface area contributed by atoms with E-state index in [0.29, 0.717) is 6.54 Å². The Hall–Kier alpha value is -1.76. The van der Waals surface area contributed by atoms with Crippen molar-refractivity contribution in [3.63, 3.8) is 0 Å². The van der Waals surface area contributed by atoms with Crippen molar-refractivity contribution in [3.8, 4) is 11.8 Å². The summed E-state index contributed by atoms with van der Waals surface area (Å²) in [5.41, 5.74) is 7.99. The predicted molar refractivity (Wildman–Crippen MR) is 78.8 cm³/mol. The van der Waals surface area contributed by atoms with Gasteiger partial charge in [0.2, 0.25) is 0 Å². The minimum absolute atomic E-state index is 0.113. The van der Waals surface area contributed by atoms with Crippen LogP contribution in [-0.2, 0) is 0 Å². The first kappa shape index (κ1) is 13.7. The molecule has 1 aromatic heterocycles. The lowest BCUT2D eigenvalue weighted by Gasteiger charge is -2.16. The summed E-state index contributed by atoms with van der Waals surface area (Å²) in [5, 5.41) is 4.60. The maximum atomic E-state index is 5.90. The van der Waals surface area contributed by atoms with Crippen molar-refractivity contribution in [1.29, 1.82) is 0 Å². The molecule has 1 unspecified atom stereocenters. The second kappa shape index (κ2) is 6.42. The van der Waals surface area contributed by atoms with Crippen molar-refractivity contribution in [2.75, 3.05) is 13.1 Å². The molecule has 0 fully saturated rings. The molecule has 0 saturated carbocycles. The van der Waals surface area contributed by atoms with Gasteiger partial charge in [0.05, 0.1) is 0 Å². The number of benzene rings is 1. The number of nitrogens with one attached hydrogen (secondary N) is 1. The van der Waals surface area contributed by atoms with E-state index in [-0.39, 0.29) is 6.04 Å². The molecular formula is C16H20N2O. The Bertz CT molecular complexity index is 604. The molecule has 0 radical (unpaired) electrons. The van der Waals surface area contributed by atoms with Gasteiger partial charge in [-0.25, -0.2) is 0 Å². The van der Waals surface area contributed by atoms with Crippen LogP contribution in [0.5, 0.6) is 0 Å². The lowest BCUT2D eigenvalue weighted by atomic mass is 10.0. The summed E-state index contributed by atoms with van der Waals surface area (Å²) in [7, 11) is 0. The molecule has 100 valence electrons. The van der Waals surface area contributed by atoms with Crippen LogP contribution in [0.4, 0.5) is 0 Å². The number of fused-ring (bicyclic) bond motifs is 1. The fourth-order valence-corrected chi connectivity index (χ4v) is 2.36. The molecule has 0 amide bonds. The summed E-state index contributed by atoms with van der Waals surface area (Å²) in [6, 6.07) is 8.19. The van der Waals surface area contributed by atoms with Crippen LogP contribution in [0.3, 0.4) is 0 Å². The van der Waals surface area contributed by atoms with Crippen molar-refractivity contribution in [2.45, 2.75) is 26.3 Å². The molecule has 0 aliphatic rings. The Labute approximate surface area is 114 Å². The maximum Gasteiger partial charge on any atom is 0.134 e. The van der Waals surface area contributed by atoms with Gasteiger partial charge in [-0.1, -0.05) is 18.2 Å². The Balaban J connectivity index is 2.24. The number of aryl methyl sites for hydroxylation is 1. The highest BCUT2D eigenvalue weighted by atomic mass is 16.3. The summed E-state index contributed by atoms with van der Waals surface area (Å²) >= 11 is 0. The molecule has 3 N–H and O–H groups in total. The van der Waals surface area contributed by atoms with E-state index in [1.54, 1.807) is 0 Å². The van der Waals surface area contributed by atoms with Crippen molar-refractivity contribution in [3.05, 3.63) is 35.6 Å². The second-order valence-electron chi connectivity index (χ2n) is 4.49. The number of hydrogen-bond donors (Lipinski definition) is 2. The quantitative estimate of drug-likeness (QED) is 0.639. The van der Waals surface area contributed by atoms with Gasteiger partial charge in [0.25, 0.3) is 0 Å². The molecular weight excluding hydrogens is 236 g/mol. The molecule has 2 rings (SSSR count). The highest BCUT2D eigenvalue weighted by Gasteiger charge is 2.18. The number of rotatable bonds is 5. The molecule has 0 saturated heterocycles. The normalized spacial score (nSPS) is 12.2. The Kier molecular flexibility index (Phi) is 4.62. The average molecular weight is 256 g/mol. The average Bonchev–Trinajstić information content (AvgIpc) is 2.75. The van der Waals surface area contributed by atoms with Crippen LogP contribution in [-0.4, -0.2) is 13.1 Å². The zero-order chi connectivity index (χ0) is 13.7. The van der Waals surface area contributed by atoms with E-state index in [9.17, 15) is 0 Å². The van der Waals surface area contributed by atoms with Gasteiger partial charge in [-0.2, -0.15) is 0 Å². The zero-order valence-electron chi connectivity index (χ0n) is 11.5. The number of para-hydroxylation sites is 1. The molecule has 0 bridgehead atoms. The maximum absolute atomic E-state index is 5.90. The molecule has 0 aliphatic heterocycles. The molecule has 3 heteroatoms. The van der Waals surface area contributed by atoms with Gasteiger partial charge in [-0.15, -0.1) is 11.8 Å². The Morgan fingerprint density at radius 1 is 1.37 bits per heavy atom. The minimum Gasteiger partial charge on any atom is -0.461 e. The Morgan fingerprint density at radius 2 is 2.16 bits per heavy atom. The van der Waals surface area contributed by atoms with E-state index in [4.69, 9.17) is 10.2 Å². The van der Waals surface area contributed by atoms with Crippen LogP contribution in [0, 0.1) is 18.8 Å². The van der Waals surface area contributed by atoms with Gasteiger partial charge in [-0.05, 0) is 19.9 Å². The van der Waals surface area contributed by atoms with E-state index in [1.807, 2.05) is 32.0 Å². The lowest BCUT2D eigenvalue weighted by molar-refractivity contribution is 0.520. The highest BCUT2D eigenvalue weighted by molar-refractivity contribution is 5.82. The van der Waals surface area contributed by atoms with Gasteiger partial charge in [0.1, 0.15) is 11.3 Å². The summed E-state index contributed by atoms with van der Waals surface area (Å²) in [6.07, 6.45) is 0.835. The Morgan fingerprint density at radius 3 is 2.89 bits per heavy atom. The van der Waals surface area contributed by atoms with Crippen molar-refractivity contribution in [1.82, 2.24) is 5.32 Å². The monoisotopic (exact) mass is 256 g/mol. The smallest absolute Gasteiger partial charge is 0.134 e. The molecule has 3 nitrogen and oxygen atoms in total. The zero-order valence-corrected chi connectivity index (χ0v) is 11.5. The number of nitrogens with two attached hydrogens (primary N) is 1. The van der Waals surface area contributed by atoms with E-state index in [0.717, 1.165) is 29.7 Å². The highest BCUT2D eigenvalue weighted by Crippen LogP contribution is 2.29. The van der Waals surface area contributed by atoms with Crippen LogP contribution in [0.15, 0.2) is 28.7 Å². The van der Waals surface area contributed by atoms with Gasteiger partial charge in [-0.3, -0.25) is 0 Å². The largest absolute Gasteiger partial charge is 0.461 e. The van der Waals surface area contributed by atoms with Crippen LogP contribution in [0.1, 0.15) is 30.7 Å². The summed E-state index contributed by atoms with van der Waals surface area (Å²) in [4.78, 5) is 0. The number of hydrogen-bond acceptors (Lipinski definition) is 3. The van der Waals surface area contributed by atoms with Gasteiger partial charge < -0.3 is 15.5 Å². The number of furan rings is 1. The third-order valence-electron chi connectivity index (χ3n) is 3.22. The molecule has 1 atom stereocenters. The first-order valence-corrected chi connectivity index (χ1v) is 6.59. The van der Waals surface area contributed by atoms with Crippen molar-refractivity contribution >= 4 is 11.0 Å². The van der Waals surface area contributed by atoms with E-state index >= 15 is 0 Å². The molecule has 0 aliphatic carbocycles. The molecule has 19 heavy (non-hydrogen) atoms. The van der Waals surface area contributed by atoms with Crippen LogP contribution < -0.4 is 11.1 Å². The van der Waals surface area contributed by atoms with Gasteiger partial charge in [0.15, 0.2) is 0 Å². The lowest BCUT2D eigenvalue weighted by Crippen LogP contribution is -2.29. The molecule has 2 aromatic rings. The van der Waals surface area contributed by atoms with Crippen LogP contribution in [0.2, 0.25) is 0 Å². The first-order valence-electron chi connectivity index (χ1n) is 6.59. The van der Waals surface area contributed by atoms with E-state index in [1.165, 1.54) is 5.56 Å². The summed E-state index contributed by atoms with van der Waals surface area (Å²) in [6.45, 7) is 5.23. The van der Waals surface area contributed by atoms with Crippen LogP contribution >= 0.6 is 0 Å². The van der Waals surface area contributed by atoms with Crippen LogP contribution in [0.25, 0.3) is 11.0 Å². The van der Waals surface area contributed by atoms with Gasteiger partial charge >= 0.3 is 0 Å². The fourth-order valence-electron chi connectivity index (χ4n) is 2.36. The third-order valence-corrected chi connectivity index (χ3v) is 3.22. The minimum atomic E-state index is 0.113. The van der Waals surface area contributed by atoms with Crippen molar-refractivity contribution < 1.29 is 4.42 Å². The first-order chi connectivity index (χ1) is 9.27. The SMILES string of the molecule is CC#CCCNC(CN)c1c(C)oc2ccccc12. The standard InChI is InChI=1S/C16H20N2O/c1-3-4-7-10-18-14(11-17)16-12(2)19-15-9-6-5-8-13(15)16/h5-6,8-9,14,18H,7,10-11,17H2,1-2H3. The van der Waals surface area contributed by atoms with Crippen molar-refractivity contribution in [2.24, 2.45) is 5.73 Å².